The molecule has 0 saturated carbocycles. The van der Waals surface area contributed by atoms with E-state index in [0.29, 0.717) is 21.9 Å². The number of thiophene rings is 1. The smallest absolute Gasteiger partial charge is 0.407 e. The zero-order chi connectivity index (χ0) is 25.6. The molecule has 2 N–H and O–H groups in total. The number of hydrogen-bond donors (Lipinski definition) is 2. The van der Waals surface area contributed by atoms with E-state index in [1.807, 2.05) is 0 Å². The number of carbonyl (C=O) groups is 1. The number of nitro groups is 1. The normalized spacial score (nSPS) is 11.6. The third kappa shape index (κ3) is 7.50. The fraction of sp³-hybridized carbons (Fsp3) is 0.261. The molecule has 0 radical (unpaired) electrons. The number of rotatable bonds is 9. The fourth-order valence-electron chi connectivity index (χ4n) is 2.87. The molecule has 0 atom stereocenters. The Hall–Kier alpha value is -3.48. The van der Waals surface area contributed by atoms with E-state index >= 15 is 0 Å². The Kier molecular flexibility index (Phi) is 8.10. The van der Waals surface area contributed by atoms with Gasteiger partial charge in [-0.05, 0) is 57.2 Å². The van der Waals surface area contributed by atoms with Crippen LogP contribution in [0.5, 0.6) is 11.5 Å². The van der Waals surface area contributed by atoms with Crippen LogP contribution in [0.3, 0.4) is 0 Å². The van der Waals surface area contributed by atoms with Crippen molar-refractivity contribution in [2.24, 2.45) is 0 Å². The molecule has 1 heterocycles. The summed E-state index contributed by atoms with van der Waals surface area (Å²) in [6, 6.07) is 15.9. The first-order chi connectivity index (χ1) is 16.4. The lowest BCUT2D eigenvalue weighted by Crippen LogP contribution is -2.37. The molecule has 1 amide bonds. The number of nitro benzene ring substituents is 1. The second-order valence-corrected chi connectivity index (χ2v) is 11.4. The largest absolute Gasteiger partial charge is 0.457 e. The SMILES string of the molecule is CC(C)(C)OC(=O)NCCNS(=O)(=O)c1ccc(-c2ccccc2Oc2ccc([N+](=O)[O-])cc2)s1. The van der Waals surface area contributed by atoms with E-state index in [4.69, 9.17) is 9.47 Å². The summed E-state index contributed by atoms with van der Waals surface area (Å²) in [5, 5.41) is 13.3. The Morgan fingerprint density at radius 3 is 2.37 bits per heavy atom. The molecule has 3 rings (SSSR count). The minimum Gasteiger partial charge on any atom is -0.457 e. The molecule has 1 aromatic heterocycles. The number of para-hydroxylation sites is 1. The third-order valence-electron chi connectivity index (χ3n) is 4.36. The van der Waals surface area contributed by atoms with Gasteiger partial charge in [0.25, 0.3) is 5.69 Å². The van der Waals surface area contributed by atoms with Crippen molar-refractivity contribution in [3.8, 4) is 21.9 Å². The lowest BCUT2D eigenvalue weighted by Gasteiger charge is -2.19. The topological polar surface area (TPSA) is 137 Å². The average Bonchev–Trinajstić information content (AvgIpc) is 3.27. The van der Waals surface area contributed by atoms with E-state index in [1.54, 1.807) is 51.1 Å². The first-order valence-corrected chi connectivity index (χ1v) is 12.8. The number of sulfonamides is 1. The number of non-ortho nitro benzene ring substituents is 1. The second-order valence-electron chi connectivity index (χ2n) is 8.29. The Balaban J connectivity index is 1.67. The predicted octanol–water partition coefficient (Wildman–Crippen LogP) is 4.92. The molecule has 0 fully saturated rings. The van der Waals surface area contributed by atoms with Gasteiger partial charge in [0.1, 0.15) is 21.3 Å². The number of carbonyl (C=O) groups excluding carboxylic acids is 1. The third-order valence-corrected chi connectivity index (χ3v) is 7.43. The van der Waals surface area contributed by atoms with Gasteiger partial charge in [0.15, 0.2) is 0 Å². The predicted molar refractivity (Wildman–Crippen MR) is 132 cm³/mol. The lowest BCUT2D eigenvalue weighted by atomic mass is 10.1. The molecule has 0 spiro atoms. The van der Waals surface area contributed by atoms with Crippen molar-refractivity contribution in [2.75, 3.05) is 13.1 Å². The lowest BCUT2D eigenvalue weighted by molar-refractivity contribution is -0.384. The van der Waals surface area contributed by atoms with Crippen LogP contribution in [0, 0.1) is 10.1 Å². The van der Waals surface area contributed by atoms with Crippen molar-refractivity contribution in [1.82, 2.24) is 10.0 Å². The van der Waals surface area contributed by atoms with E-state index in [2.05, 4.69) is 10.0 Å². The van der Waals surface area contributed by atoms with Crippen molar-refractivity contribution in [3.05, 3.63) is 70.8 Å². The van der Waals surface area contributed by atoms with Gasteiger partial charge in [0.2, 0.25) is 10.0 Å². The van der Waals surface area contributed by atoms with Crippen LogP contribution >= 0.6 is 11.3 Å². The molecule has 10 nitrogen and oxygen atoms in total. The van der Waals surface area contributed by atoms with Gasteiger partial charge in [-0.3, -0.25) is 10.1 Å². The molecule has 0 aliphatic heterocycles. The Bertz CT molecular complexity index is 1300. The van der Waals surface area contributed by atoms with Gasteiger partial charge < -0.3 is 14.8 Å². The van der Waals surface area contributed by atoms with E-state index in [9.17, 15) is 23.3 Å². The minimum atomic E-state index is -3.79. The first kappa shape index (κ1) is 26.1. The standard InChI is InChI=1S/C23H25N3O7S2/c1-23(2,3)33-22(27)24-14-15-25-35(30,31)21-13-12-20(34-21)18-6-4-5-7-19(18)32-17-10-8-16(9-11-17)26(28)29/h4-13,25H,14-15H2,1-3H3,(H,24,27). The first-order valence-electron chi connectivity index (χ1n) is 10.5. The highest BCUT2D eigenvalue weighted by atomic mass is 32.2. The summed E-state index contributed by atoms with van der Waals surface area (Å²) >= 11 is 1.06. The number of ether oxygens (including phenoxy) is 2. The summed E-state index contributed by atoms with van der Waals surface area (Å²) in [5.74, 6) is 0.883. The van der Waals surface area contributed by atoms with E-state index in [0.717, 1.165) is 11.3 Å². The number of nitrogens with one attached hydrogen (secondary N) is 2. The quantitative estimate of drug-likeness (QED) is 0.233. The highest BCUT2D eigenvalue weighted by molar-refractivity contribution is 7.91. The van der Waals surface area contributed by atoms with E-state index < -0.39 is 26.6 Å². The van der Waals surface area contributed by atoms with Crippen molar-refractivity contribution in [1.29, 1.82) is 0 Å². The van der Waals surface area contributed by atoms with Gasteiger partial charge in [0, 0.05) is 35.7 Å². The number of alkyl carbamates (subject to hydrolysis) is 1. The molecular formula is C23H25N3O7S2. The molecule has 12 heteroatoms. The molecule has 186 valence electrons. The van der Waals surface area contributed by atoms with Crippen molar-refractivity contribution >= 4 is 33.1 Å². The van der Waals surface area contributed by atoms with Crippen LogP contribution in [0.15, 0.2) is 64.9 Å². The van der Waals surface area contributed by atoms with Gasteiger partial charge in [0.05, 0.1) is 4.92 Å². The number of hydrogen-bond acceptors (Lipinski definition) is 8. The minimum absolute atomic E-state index is 0.00531. The molecule has 3 aromatic rings. The maximum absolute atomic E-state index is 12.7. The Labute approximate surface area is 207 Å². The summed E-state index contributed by atoms with van der Waals surface area (Å²) in [6.45, 7) is 5.27. The van der Waals surface area contributed by atoms with Crippen LogP contribution in [0.2, 0.25) is 0 Å². The highest BCUT2D eigenvalue weighted by Gasteiger charge is 2.19. The summed E-state index contributed by atoms with van der Waals surface area (Å²) in [5.41, 5.74) is -0.0217. The van der Waals surface area contributed by atoms with Crippen molar-refractivity contribution in [3.63, 3.8) is 0 Å². The van der Waals surface area contributed by atoms with Crippen molar-refractivity contribution < 1.29 is 27.6 Å². The van der Waals surface area contributed by atoms with Gasteiger partial charge in [-0.15, -0.1) is 11.3 Å². The van der Waals surface area contributed by atoms with E-state index in [-0.39, 0.29) is 23.0 Å². The maximum Gasteiger partial charge on any atom is 0.407 e. The summed E-state index contributed by atoms with van der Waals surface area (Å²) in [6.07, 6.45) is -0.625. The van der Waals surface area contributed by atoms with Crippen LogP contribution in [0.25, 0.3) is 10.4 Å². The number of nitrogens with zero attached hydrogens (tertiary/aromatic N) is 1. The molecule has 35 heavy (non-hydrogen) atoms. The highest BCUT2D eigenvalue weighted by Crippen LogP contribution is 2.38. The zero-order valence-corrected chi connectivity index (χ0v) is 20.9. The zero-order valence-electron chi connectivity index (χ0n) is 19.3. The maximum atomic E-state index is 12.7. The van der Waals surface area contributed by atoms with Crippen LogP contribution < -0.4 is 14.8 Å². The molecule has 0 aliphatic rings. The van der Waals surface area contributed by atoms with Gasteiger partial charge in [-0.2, -0.15) is 0 Å². The summed E-state index contributed by atoms with van der Waals surface area (Å²) in [4.78, 5) is 22.7. The summed E-state index contributed by atoms with van der Waals surface area (Å²) < 4.78 is 38.9. The van der Waals surface area contributed by atoms with Gasteiger partial charge in [-0.25, -0.2) is 17.9 Å². The molecule has 0 aliphatic carbocycles. The number of benzene rings is 2. The molecule has 0 unspecified atom stereocenters. The average molecular weight is 520 g/mol. The van der Waals surface area contributed by atoms with Crippen LogP contribution in [-0.4, -0.2) is 38.1 Å². The number of amides is 1. The molecule has 0 saturated heterocycles. The Morgan fingerprint density at radius 1 is 1.03 bits per heavy atom. The molecular weight excluding hydrogens is 494 g/mol. The second kappa shape index (κ2) is 10.8. The molecule has 2 aromatic carbocycles. The van der Waals surface area contributed by atoms with Crippen LogP contribution in [0.4, 0.5) is 10.5 Å². The van der Waals surface area contributed by atoms with Crippen LogP contribution in [-0.2, 0) is 14.8 Å². The van der Waals surface area contributed by atoms with Crippen molar-refractivity contribution in [2.45, 2.75) is 30.6 Å². The van der Waals surface area contributed by atoms with Gasteiger partial charge in [-0.1, -0.05) is 12.1 Å². The Morgan fingerprint density at radius 2 is 1.71 bits per heavy atom. The molecule has 0 bridgehead atoms. The van der Waals surface area contributed by atoms with E-state index in [1.165, 1.54) is 30.3 Å². The van der Waals surface area contributed by atoms with Gasteiger partial charge >= 0.3 is 6.09 Å². The summed E-state index contributed by atoms with van der Waals surface area (Å²) in [7, 11) is -3.79. The monoisotopic (exact) mass is 519 g/mol. The van der Waals surface area contributed by atoms with Crippen LogP contribution in [0.1, 0.15) is 20.8 Å². The fourth-order valence-corrected chi connectivity index (χ4v) is 5.28.